The predicted molar refractivity (Wildman–Crippen MR) is 129 cm³/mol. The summed E-state index contributed by atoms with van der Waals surface area (Å²) < 4.78 is 30.7. The third kappa shape index (κ3) is 4.16. The number of nitrogens with one attached hydrogen (secondary N) is 1. The van der Waals surface area contributed by atoms with E-state index in [2.05, 4.69) is 21.2 Å². The minimum Gasteiger partial charge on any atom is -0.322 e. The third-order valence-corrected chi connectivity index (χ3v) is 8.85. The number of sulfonamides is 1. The van der Waals surface area contributed by atoms with Crippen molar-refractivity contribution in [1.29, 1.82) is 0 Å². The molecule has 2 aromatic carbocycles. The van der Waals surface area contributed by atoms with Gasteiger partial charge in [0.2, 0.25) is 10.0 Å². The van der Waals surface area contributed by atoms with Crippen LogP contribution in [0.15, 0.2) is 80.9 Å². The summed E-state index contributed by atoms with van der Waals surface area (Å²) in [4.78, 5) is 24.9. The van der Waals surface area contributed by atoms with Crippen molar-refractivity contribution in [2.45, 2.75) is 23.8 Å². The van der Waals surface area contributed by atoms with Gasteiger partial charge in [0.15, 0.2) is 0 Å². The Balaban J connectivity index is 1.34. The fourth-order valence-electron chi connectivity index (χ4n) is 4.75. The van der Waals surface area contributed by atoms with Crippen LogP contribution in [-0.2, 0) is 16.6 Å². The fraction of sp³-hybridized carbons (Fsp3) is 0.250. The zero-order chi connectivity index (χ0) is 23.2. The van der Waals surface area contributed by atoms with E-state index < -0.39 is 10.0 Å². The molecule has 33 heavy (non-hydrogen) atoms. The highest BCUT2D eigenvalue weighted by Crippen LogP contribution is 2.37. The minimum atomic E-state index is -3.70. The van der Waals surface area contributed by atoms with Crippen molar-refractivity contribution >= 4 is 37.5 Å². The number of hydrogen-bond acceptors (Lipinski definition) is 4. The number of fused-ring (bicyclic) bond motifs is 4. The van der Waals surface area contributed by atoms with Crippen molar-refractivity contribution in [2.24, 2.45) is 5.92 Å². The van der Waals surface area contributed by atoms with Gasteiger partial charge in [-0.3, -0.25) is 9.59 Å². The Morgan fingerprint density at radius 3 is 2.45 bits per heavy atom. The maximum absolute atomic E-state index is 13.4. The minimum absolute atomic E-state index is 0.00376. The number of anilines is 1. The quantitative estimate of drug-likeness (QED) is 0.560. The van der Waals surface area contributed by atoms with E-state index in [0.717, 1.165) is 12.1 Å². The lowest BCUT2D eigenvalue weighted by molar-refractivity contribution is 0.102. The second-order valence-corrected chi connectivity index (χ2v) is 11.3. The highest BCUT2D eigenvalue weighted by molar-refractivity contribution is 9.10. The number of rotatable bonds is 4. The van der Waals surface area contributed by atoms with Gasteiger partial charge in [-0.25, -0.2) is 8.42 Å². The van der Waals surface area contributed by atoms with Crippen LogP contribution >= 0.6 is 15.9 Å². The van der Waals surface area contributed by atoms with Crippen molar-refractivity contribution in [3.8, 4) is 0 Å². The van der Waals surface area contributed by atoms with E-state index in [1.807, 2.05) is 12.1 Å². The molecule has 0 saturated carbocycles. The highest BCUT2D eigenvalue weighted by Gasteiger charge is 2.39. The van der Waals surface area contributed by atoms with Gasteiger partial charge in [-0.15, -0.1) is 0 Å². The van der Waals surface area contributed by atoms with Gasteiger partial charge in [-0.1, -0.05) is 18.2 Å². The van der Waals surface area contributed by atoms with Gasteiger partial charge in [0.05, 0.1) is 10.5 Å². The van der Waals surface area contributed by atoms with Crippen LogP contribution in [0.5, 0.6) is 0 Å². The van der Waals surface area contributed by atoms with Crippen LogP contribution in [0.3, 0.4) is 0 Å². The first-order chi connectivity index (χ1) is 15.8. The van der Waals surface area contributed by atoms with Crippen LogP contribution in [0, 0.1) is 5.92 Å². The summed E-state index contributed by atoms with van der Waals surface area (Å²) in [6.45, 7) is 1.28. The Morgan fingerprint density at radius 2 is 1.70 bits per heavy atom. The standard InChI is InChI=1S/C24H22BrN3O4S/c25-21-5-2-1-4-20(21)24(30)26-18-8-10-19(11-9-18)33(31,32)27-13-16-12-17(15-27)22-6-3-7-23(29)28(22)14-16/h1-11,16-17H,12-15H2,(H,26,30)/t16-,17-/m0/s1. The molecule has 3 heterocycles. The molecule has 1 fully saturated rings. The topological polar surface area (TPSA) is 88.5 Å². The first-order valence-electron chi connectivity index (χ1n) is 10.7. The van der Waals surface area contributed by atoms with Crippen LogP contribution in [0.4, 0.5) is 5.69 Å². The van der Waals surface area contributed by atoms with Crippen LogP contribution < -0.4 is 10.9 Å². The molecule has 0 radical (unpaired) electrons. The summed E-state index contributed by atoms with van der Waals surface area (Å²) in [7, 11) is -3.70. The smallest absolute Gasteiger partial charge is 0.256 e. The normalized spacial score (nSPS) is 20.2. The average Bonchev–Trinajstić information content (AvgIpc) is 2.80. The lowest BCUT2D eigenvalue weighted by atomic mass is 9.84. The lowest BCUT2D eigenvalue weighted by Crippen LogP contribution is -2.48. The summed E-state index contributed by atoms with van der Waals surface area (Å²) in [5.74, 6) is -0.172. The second kappa shape index (κ2) is 8.55. The van der Waals surface area contributed by atoms with Gasteiger partial charge in [-0.2, -0.15) is 4.31 Å². The molecule has 2 aliphatic heterocycles. The average molecular weight is 528 g/mol. The van der Waals surface area contributed by atoms with E-state index in [0.29, 0.717) is 35.4 Å². The number of piperidine rings is 1. The molecule has 1 amide bonds. The van der Waals surface area contributed by atoms with Gasteiger partial charge in [0.25, 0.3) is 11.5 Å². The molecule has 170 valence electrons. The van der Waals surface area contributed by atoms with Gasteiger partial charge in [-0.05, 0) is 70.7 Å². The molecule has 3 aromatic rings. The molecule has 1 N–H and O–H groups in total. The van der Waals surface area contributed by atoms with Crippen molar-refractivity contribution in [3.05, 3.63) is 92.8 Å². The Bertz CT molecular complexity index is 1390. The lowest BCUT2D eigenvalue weighted by Gasteiger charge is -2.42. The van der Waals surface area contributed by atoms with Crippen LogP contribution in [0.2, 0.25) is 0 Å². The third-order valence-electron chi connectivity index (χ3n) is 6.31. The van der Waals surface area contributed by atoms with Crippen LogP contribution in [-0.4, -0.2) is 36.3 Å². The van der Waals surface area contributed by atoms with E-state index in [-0.39, 0.29) is 28.2 Å². The van der Waals surface area contributed by atoms with Crippen molar-refractivity contribution < 1.29 is 13.2 Å². The van der Waals surface area contributed by atoms with Gasteiger partial charge in [0.1, 0.15) is 0 Å². The predicted octanol–water partition coefficient (Wildman–Crippen LogP) is 3.67. The maximum atomic E-state index is 13.4. The van der Waals surface area contributed by atoms with E-state index >= 15 is 0 Å². The molecule has 2 aliphatic rings. The number of carbonyl (C=O) groups excluding carboxylic acids is 1. The van der Waals surface area contributed by atoms with Gasteiger partial charge in [0, 0.05) is 47.5 Å². The zero-order valence-electron chi connectivity index (χ0n) is 17.6. The van der Waals surface area contributed by atoms with Gasteiger partial charge >= 0.3 is 0 Å². The molecular formula is C24H22BrN3O4S. The molecule has 2 atom stereocenters. The fourth-order valence-corrected chi connectivity index (χ4v) is 6.78. The number of amides is 1. The maximum Gasteiger partial charge on any atom is 0.256 e. The Kier molecular flexibility index (Phi) is 5.72. The Hall–Kier alpha value is -2.75. The molecule has 7 nitrogen and oxygen atoms in total. The number of carbonyl (C=O) groups is 1. The molecule has 1 aromatic heterocycles. The summed E-state index contributed by atoms with van der Waals surface area (Å²) >= 11 is 3.36. The summed E-state index contributed by atoms with van der Waals surface area (Å²) in [6, 6.07) is 18.5. The Morgan fingerprint density at radius 1 is 0.939 bits per heavy atom. The van der Waals surface area contributed by atoms with E-state index in [1.54, 1.807) is 47.0 Å². The molecule has 5 rings (SSSR count). The van der Waals surface area contributed by atoms with Gasteiger partial charge < -0.3 is 9.88 Å². The van der Waals surface area contributed by atoms with Crippen LogP contribution in [0.25, 0.3) is 0 Å². The van der Waals surface area contributed by atoms with Crippen molar-refractivity contribution in [1.82, 2.24) is 8.87 Å². The number of halogens is 1. The number of benzene rings is 2. The molecular weight excluding hydrogens is 506 g/mol. The van der Waals surface area contributed by atoms with E-state index in [1.165, 1.54) is 16.4 Å². The number of hydrogen-bond donors (Lipinski definition) is 1. The highest BCUT2D eigenvalue weighted by atomic mass is 79.9. The first-order valence-corrected chi connectivity index (χ1v) is 12.9. The van der Waals surface area contributed by atoms with Crippen molar-refractivity contribution in [2.75, 3.05) is 18.4 Å². The molecule has 9 heteroatoms. The summed E-state index contributed by atoms with van der Waals surface area (Å²) in [5.41, 5.74) is 1.88. The number of nitrogens with zero attached hydrogens (tertiary/aromatic N) is 2. The second-order valence-electron chi connectivity index (χ2n) is 8.48. The van der Waals surface area contributed by atoms with E-state index in [4.69, 9.17) is 0 Å². The molecule has 1 saturated heterocycles. The first kappa shape index (κ1) is 22.1. The SMILES string of the molecule is O=C(Nc1ccc(S(=O)(=O)N2C[C@@H]3C[C@@H](C2)c2cccc(=O)n2C3)cc1)c1ccccc1Br. The van der Waals surface area contributed by atoms with E-state index in [9.17, 15) is 18.0 Å². The summed E-state index contributed by atoms with van der Waals surface area (Å²) in [5, 5.41) is 2.80. The molecule has 2 bridgehead atoms. The molecule has 0 aliphatic carbocycles. The largest absolute Gasteiger partial charge is 0.322 e. The molecule has 0 unspecified atom stereocenters. The molecule has 0 spiro atoms. The van der Waals surface area contributed by atoms with Crippen molar-refractivity contribution in [3.63, 3.8) is 0 Å². The summed E-state index contributed by atoms with van der Waals surface area (Å²) in [6.07, 6.45) is 0.884. The van der Waals surface area contributed by atoms with Crippen LogP contribution in [0.1, 0.15) is 28.4 Å². The zero-order valence-corrected chi connectivity index (χ0v) is 20.1. The Labute approximate surface area is 200 Å². The monoisotopic (exact) mass is 527 g/mol. The number of pyridine rings is 1. The number of aromatic nitrogens is 1.